The number of hydrogen-bond donors (Lipinski definition) is 1. The molecule has 0 aliphatic rings. The summed E-state index contributed by atoms with van der Waals surface area (Å²) in [6.07, 6.45) is 2.61. The van der Waals surface area contributed by atoms with Crippen LogP contribution in [0.5, 0.6) is 0 Å². The number of rotatable bonds is 5. The van der Waals surface area contributed by atoms with Gasteiger partial charge in [-0.25, -0.2) is 15.0 Å². The third-order valence-corrected chi connectivity index (χ3v) is 5.96. The Bertz CT molecular complexity index is 1080. The van der Waals surface area contributed by atoms with Crippen molar-refractivity contribution < 1.29 is 4.79 Å². The molecule has 0 atom stereocenters. The molecule has 146 valence electrons. The summed E-state index contributed by atoms with van der Waals surface area (Å²) in [7, 11) is 2.01. The van der Waals surface area contributed by atoms with E-state index in [1.165, 1.54) is 4.70 Å². The van der Waals surface area contributed by atoms with Gasteiger partial charge in [-0.15, -0.1) is 22.7 Å². The van der Waals surface area contributed by atoms with E-state index >= 15 is 0 Å². The number of imidazole rings is 1. The highest BCUT2D eigenvalue weighted by Gasteiger charge is 2.19. The van der Waals surface area contributed by atoms with Gasteiger partial charge in [0.2, 0.25) is 0 Å². The van der Waals surface area contributed by atoms with Crippen molar-refractivity contribution in [3.63, 3.8) is 0 Å². The molecule has 3 heterocycles. The Morgan fingerprint density at radius 3 is 2.68 bits per heavy atom. The van der Waals surface area contributed by atoms with Crippen molar-refractivity contribution in [1.82, 2.24) is 19.5 Å². The number of hydrogen-bond acceptors (Lipinski definition) is 7. The lowest BCUT2D eigenvalue weighted by molar-refractivity contribution is -0.107. The maximum atomic E-state index is 9.40. The molecule has 0 bridgehead atoms. The second-order valence-electron chi connectivity index (χ2n) is 6.27. The van der Waals surface area contributed by atoms with E-state index in [-0.39, 0.29) is 0 Å². The van der Waals surface area contributed by atoms with Crippen LogP contribution in [0.25, 0.3) is 32.2 Å². The van der Waals surface area contributed by atoms with Crippen LogP contribution in [0, 0.1) is 6.92 Å². The zero-order valence-corrected chi connectivity index (χ0v) is 17.8. The van der Waals surface area contributed by atoms with Gasteiger partial charge in [0.25, 0.3) is 0 Å². The van der Waals surface area contributed by atoms with E-state index < -0.39 is 0 Å². The zero-order valence-electron chi connectivity index (χ0n) is 16.2. The number of aryl methyl sites for hydroxylation is 1. The molecule has 0 aliphatic carbocycles. The summed E-state index contributed by atoms with van der Waals surface area (Å²) in [6.45, 7) is 4.38. The molecule has 0 aliphatic heterocycles. The zero-order chi connectivity index (χ0) is 20.1. The van der Waals surface area contributed by atoms with Gasteiger partial charge in [-0.2, -0.15) is 0 Å². The summed E-state index contributed by atoms with van der Waals surface area (Å²) in [4.78, 5) is 23.1. The van der Waals surface area contributed by atoms with Gasteiger partial charge in [0.1, 0.15) is 22.8 Å². The largest absolute Gasteiger partial charge is 0.329 e. The lowest BCUT2D eigenvalue weighted by Crippen LogP contribution is -2.05. The summed E-state index contributed by atoms with van der Waals surface area (Å²) in [5.74, 6) is 0.854. The molecule has 8 heteroatoms. The SMILES string of the molecule is CCCC=O.Cc1csc(-c2nc(CN)n(C)c2-c2ccc3ncsc3c2)n1. The maximum Gasteiger partial charge on any atom is 0.144 e. The second-order valence-corrected chi connectivity index (χ2v) is 8.02. The van der Waals surface area contributed by atoms with Crippen LogP contribution < -0.4 is 5.73 Å². The van der Waals surface area contributed by atoms with Gasteiger partial charge >= 0.3 is 0 Å². The van der Waals surface area contributed by atoms with Crippen molar-refractivity contribution in [3.05, 3.63) is 40.6 Å². The number of unbranched alkanes of at least 4 members (excludes halogenated alkanes) is 1. The first kappa shape index (κ1) is 20.3. The lowest BCUT2D eigenvalue weighted by atomic mass is 10.1. The molecule has 0 fully saturated rings. The van der Waals surface area contributed by atoms with Crippen LogP contribution in [0.4, 0.5) is 0 Å². The molecule has 6 nitrogen and oxygen atoms in total. The van der Waals surface area contributed by atoms with Crippen LogP contribution in [0.3, 0.4) is 0 Å². The van der Waals surface area contributed by atoms with Crippen molar-refractivity contribution in [3.8, 4) is 22.0 Å². The lowest BCUT2D eigenvalue weighted by Gasteiger charge is -2.06. The molecule has 1 aromatic carbocycles. The number of aromatic nitrogens is 4. The number of carbonyl (C=O) groups excluding carboxylic acids is 1. The van der Waals surface area contributed by atoms with Crippen molar-refractivity contribution >= 4 is 39.2 Å². The Morgan fingerprint density at radius 2 is 2.07 bits per heavy atom. The van der Waals surface area contributed by atoms with E-state index in [0.717, 1.165) is 51.7 Å². The molecule has 4 aromatic rings. The quantitative estimate of drug-likeness (QED) is 0.484. The molecule has 0 radical (unpaired) electrons. The molecular formula is C20H23N5OS2. The summed E-state index contributed by atoms with van der Waals surface area (Å²) >= 11 is 3.25. The maximum absolute atomic E-state index is 9.40. The summed E-state index contributed by atoms with van der Waals surface area (Å²) < 4.78 is 3.23. The Labute approximate surface area is 172 Å². The minimum absolute atomic E-state index is 0.399. The fourth-order valence-corrected chi connectivity index (χ4v) is 4.29. The van der Waals surface area contributed by atoms with Crippen molar-refractivity contribution in [2.75, 3.05) is 0 Å². The van der Waals surface area contributed by atoms with Crippen molar-refractivity contribution in [2.24, 2.45) is 12.8 Å². The van der Waals surface area contributed by atoms with Gasteiger partial charge in [0.15, 0.2) is 0 Å². The molecule has 28 heavy (non-hydrogen) atoms. The molecule has 4 rings (SSSR count). The van der Waals surface area contributed by atoms with Gasteiger partial charge in [0, 0.05) is 30.1 Å². The number of aldehydes is 1. The van der Waals surface area contributed by atoms with E-state index in [9.17, 15) is 4.79 Å². The number of nitrogens with zero attached hydrogens (tertiary/aromatic N) is 4. The van der Waals surface area contributed by atoms with Crippen molar-refractivity contribution in [1.29, 1.82) is 0 Å². The Morgan fingerprint density at radius 1 is 1.25 bits per heavy atom. The molecule has 3 aromatic heterocycles. The van der Waals surface area contributed by atoms with Crippen LogP contribution in [-0.4, -0.2) is 25.8 Å². The van der Waals surface area contributed by atoms with Gasteiger partial charge in [-0.05, 0) is 25.5 Å². The minimum atomic E-state index is 0.399. The number of benzene rings is 1. The first-order valence-electron chi connectivity index (χ1n) is 9.04. The highest BCUT2D eigenvalue weighted by Crippen LogP contribution is 2.35. The fourth-order valence-electron chi connectivity index (χ4n) is 2.79. The van der Waals surface area contributed by atoms with Crippen LogP contribution in [-0.2, 0) is 18.4 Å². The summed E-state index contributed by atoms with van der Waals surface area (Å²) in [5, 5.41) is 2.97. The van der Waals surface area contributed by atoms with Gasteiger partial charge in [-0.3, -0.25) is 0 Å². The normalized spacial score (nSPS) is 10.7. The van der Waals surface area contributed by atoms with E-state index in [0.29, 0.717) is 13.0 Å². The molecule has 2 N–H and O–H groups in total. The predicted octanol–water partition coefficient (Wildman–Crippen LogP) is 4.57. The molecule has 0 amide bonds. The molecule has 0 saturated carbocycles. The molecule has 0 spiro atoms. The second kappa shape index (κ2) is 9.18. The number of thiazole rings is 2. The fraction of sp³-hybridized carbons (Fsp3) is 0.300. The van der Waals surface area contributed by atoms with Crippen LogP contribution in [0.1, 0.15) is 31.3 Å². The minimum Gasteiger partial charge on any atom is -0.329 e. The highest BCUT2D eigenvalue weighted by molar-refractivity contribution is 7.16. The van der Waals surface area contributed by atoms with E-state index in [4.69, 9.17) is 10.7 Å². The van der Waals surface area contributed by atoms with Gasteiger partial charge < -0.3 is 15.1 Å². The Balaban J connectivity index is 0.000000403. The molecular weight excluding hydrogens is 390 g/mol. The average molecular weight is 414 g/mol. The first-order chi connectivity index (χ1) is 13.6. The number of fused-ring (bicyclic) bond motifs is 1. The third kappa shape index (κ3) is 4.19. The standard InChI is InChI=1S/C16H15N5S2.C4H8O/c1-9-7-22-16(19-9)14-15(21(2)13(6-17)20-14)10-3-4-11-12(5-10)23-8-18-11;1-2-3-4-5/h3-5,7-8H,6,17H2,1-2H3;4H,2-3H2,1H3. The van der Waals surface area contributed by atoms with Crippen LogP contribution in [0.2, 0.25) is 0 Å². The number of nitrogens with two attached hydrogens (primary N) is 1. The first-order valence-corrected chi connectivity index (χ1v) is 10.8. The van der Waals surface area contributed by atoms with E-state index in [1.54, 1.807) is 22.7 Å². The van der Waals surface area contributed by atoms with E-state index in [2.05, 4.69) is 26.7 Å². The van der Waals surface area contributed by atoms with Crippen LogP contribution in [0.15, 0.2) is 29.1 Å². The predicted molar refractivity (Wildman–Crippen MR) is 117 cm³/mol. The number of carbonyl (C=O) groups is 1. The molecule has 0 saturated heterocycles. The van der Waals surface area contributed by atoms with Crippen LogP contribution >= 0.6 is 22.7 Å². The Kier molecular flexibility index (Phi) is 6.66. The monoisotopic (exact) mass is 413 g/mol. The van der Waals surface area contributed by atoms with Crippen molar-refractivity contribution in [2.45, 2.75) is 33.2 Å². The average Bonchev–Trinajstić information content (AvgIpc) is 3.40. The summed E-state index contributed by atoms with van der Waals surface area (Å²) in [5.41, 5.74) is 12.8. The smallest absolute Gasteiger partial charge is 0.144 e. The van der Waals surface area contributed by atoms with E-state index in [1.807, 2.05) is 37.9 Å². The van der Waals surface area contributed by atoms with Gasteiger partial charge in [0.05, 0.1) is 28.0 Å². The third-order valence-electron chi connectivity index (χ3n) is 4.20. The van der Waals surface area contributed by atoms with Gasteiger partial charge in [-0.1, -0.05) is 13.0 Å². The topological polar surface area (TPSA) is 86.7 Å². The summed E-state index contributed by atoms with van der Waals surface area (Å²) in [6, 6.07) is 6.30. The molecule has 0 unspecified atom stereocenters. The Hall–Kier alpha value is -2.42. The highest BCUT2D eigenvalue weighted by atomic mass is 32.1.